The van der Waals surface area contributed by atoms with Crippen molar-refractivity contribution < 1.29 is 4.74 Å². The smallest absolute Gasteiger partial charge is 0.119 e. The minimum Gasteiger partial charge on any atom is -0.490 e. The number of hydrogen-bond acceptors (Lipinski definition) is 2. The molecule has 0 aliphatic heterocycles. The van der Waals surface area contributed by atoms with Crippen LogP contribution in [0.5, 0.6) is 5.75 Å². The van der Waals surface area contributed by atoms with Gasteiger partial charge in [-0.25, -0.2) is 0 Å². The molecule has 0 bridgehead atoms. The normalized spacial score (nSPS) is 12.1. The zero-order valence-electron chi connectivity index (χ0n) is 9.49. The molecule has 0 fully saturated rings. The summed E-state index contributed by atoms with van der Waals surface area (Å²) in [4.78, 5) is 0. The number of rotatable bonds is 6. The molecule has 0 amide bonds. The monoisotopic (exact) mass is 205 g/mol. The SMILES string of the molecule is C=CCOc1ccc(C[C@H](C)NC)cc1. The van der Waals surface area contributed by atoms with Crippen LogP contribution in [0.3, 0.4) is 0 Å². The molecular weight excluding hydrogens is 186 g/mol. The van der Waals surface area contributed by atoms with Gasteiger partial charge in [-0.05, 0) is 38.1 Å². The molecule has 1 aromatic carbocycles. The molecule has 0 saturated heterocycles. The molecule has 15 heavy (non-hydrogen) atoms. The Labute approximate surface area is 92.0 Å². The Morgan fingerprint density at radius 1 is 1.40 bits per heavy atom. The van der Waals surface area contributed by atoms with Crippen molar-refractivity contribution in [2.24, 2.45) is 0 Å². The van der Waals surface area contributed by atoms with Crippen molar-refractivity contribution in [3.05, 3.63) is 42.5 Å². The van der Waals surface area contributed by atoms with Crippen LogP contribution in [0.2, 0.25) is 0 Å². The fourth-order valence-electron chi connectivity index (χ4n) is 1.33. The summed E-state index contributed by atoms with van der Waals surface area (Å²) in [6.07, 6.45) is 2.79. The molecule has 1 rings (SSSR count). The lowest BCUT2D eigenvalue weighted by atomic mass is 10.1. The van der Waals surface area contributed by atoms with E-state index < -0.39 is 0 Å². The largest absolute Gasteiger partial charge is 0.490 e. The first-order valence-electron chi connectivity index (χ1n) is 5.26. The number of benzene rings is 1. The van der Waals surface area contributed by atoms with Crippen LogP contribution in [0.15, 0.2) is 36.9 Å². The van der Waals surface area contributed by atoms with Crippen molar-refractivity contribution in [3.63, 3.8) is 0 Å². The fraction of sp³-hybridized carbons (Fsp3) is 0.385. The first-order valence-corrected chi connectivity index (χ1v) is 5.26. The molecule has 0 aliphatic carbocycles. The van der Waals surface area contributed by atoms with Crippen molar-refractivity contribution in [1.29, 1.82) is 0 Å². The second kappa shape index (κ2) is 6.25. The third kappa shape index (κ3) is 4.17. The summed E-state index contributed by atoms with van der Waals surface area (Å²) in [7, 11) is 1.98. The van der Waals surface area contributed by atoms with Crippen LogP contribution >= 0.6 is 0 Å². The van der Waals surface area contributed by atoms with Crippen molar-refractivity contribution in [3.8, 4) is 5.75 Å². The summed E-state index contributed by atoms with van der Waals surface area (Å²) >= 11 is 0. The lowest BCUT2D eigenvalue weighted by Gasteiger charge is -2.10. The van der Waals surface area contributed by atoms with Gasteiger partial charge in [-0.15, -0.1) is 0 Å². The van der Waals surface area contributed by atoms with Gasteiger partial charge in [0.25, 0.3) is 0 Å². The Balaban J connectivity index is 2.52. The maximum Gasteiger partial charge on any atom is 0.119 e. The highest BCUT2D eigenvalue weighted by Gasteiger charge is 2.00. The van der Waals surface area contributed by atoms with E-state index in [1.807, 2.05) is 19.2 Å². The van der Waals surface area contributed by atoms with Gasteiger partial charge in [0.1, 0.15) is 12.4 Å². The standard InChI is InChI=1S/C13H19NO/c1-4-9-15-13-7-5-12(6-8-13)10-11(2)14-3/h4-8,11,14H,1,9-10H2,2-3H3/t11-/m0/s1. The summed E-state index contributed by atoms with van der Waals surface area (Å²) in [5, 5.41) is 3.22. The van der Waals surface area contributed by atoms with E-state index >= 15 is 0 Å². The number of likely N-dealkylation sites (N-methyl/N-ethyl adjacent to an activating group) is 1. The Kier molecular flexibility index (Phi) is 4.91. The minimum absolute atomic E-state index is 0.505. The molecular formula is C13H19NO. The highest BCUT2D eigenvalue weighted by Crippen LogP contribution is 2.13. The molecule has 2 heteroatoms. The minimum atomic E-state index is 0.505. The van der Waals surface area contributed by atoms with Crippen LogP contribution in [0.1, 0.15) is 12.5 Å². The van der Waals surface area contributed by atoms with Crippen LogP contribution in [-0.4, -0.2) is 19.7 Å². The van der Waals surface area contributed by atoms with Gasteiger partial charge in [0.15, 0.2) is 0 Å². The zero-order valence-corrected chi connectivity index (χ0v) is 9.49. The Bertz CT molecular complexity index is 292. The van der Waals surface area contributed by atoms with Gasteiger partial charge in [0, 0.05) is 6.04 Å². The summed E-state index contributed by atoms with van der Waals surface area (Å²) < 4.78 is 5.41. The van der Waals surface area contributed by atoms with Crippen molar-refractivity contribution >= 4 is 0 Å². The topological polar surface area (TPSA) is 21.3 Å². The molecule has 0 aromatic heterocycles. The Morgan fingerprint density at radius 2 is 2.07 bits per heavy atom. The summed E-state index contributed by atoms with van der Waals surface area (Å²) in [6.45, 7) is 6.34. The zero-order chi connectivity index (χ0) is 11.1. The van der Waals surface area contributed by atoms with Gasteiger partial charge in [0.05, 0.1) is 0 Å². The van der Waals surface area contributed by atoms with Gasteiger partial charge in [-0.1, -0.05) is 24.8 Å². The summed E-state index contributed by atoms with van der Waals surface area (Å²) in [6, 6.07) is 8.71. The van der Waals surface area contributed by atoms with Gasteiger partial charge in [0.2, 0.25) is 0 Å². The predicted octanol–water partition coefficient (Wildman–Crippen LogP) is 2.40. The highest BCUT2D eigenvalue weighted by molar-refractivity contribution is 5.27. The van der Waals surface area contributed by atoms with Gasteiger partial charge in [-0.3, -0.25) is 0 Å². The lowest BCUT2D eigenvalue weighted by Crippen LogP contribution is -2.23. The molecule has 0 saturated carbocycles. The van der Waals surface area contributed by atoms with Crippen LogP contribution in [0, 0.1) is 0 Å². The maximum absolute atomic E-state index is 5.41. The average molecular weight is 205 g/mol. The average Bonchev–Trinajstić information content (AvgIpc) is 2.28. The fourth-order valence-corrected chi connectivity index (χ4v) is 1.33. The van der Waals surface area contributed by atoms with E-state index in [9.17, 15) is 0 Å². The van der Waals surface area contributed by atoms with E-state index in [4.69, 9.17) is 4.74 Å². The molecule has 1 atom stereocenters. The molecule has 1 aromatic rings. The number of nitrogens with one attached hydrogen (secondary N) is 1. The highest BCUT2D eigenvalue weighted by atomic mass is 16.5. The molecule has 0 spiro atoms. The molecule has 0 heterocycles. The quantitative estimate of drug-likeness (QED) is 0.720. The first kappa shape index (κ1) is 11.8. The van der Waals surface area contributed by atoms with Gasteiger partial charge in [-0.2, -0.15) is 0 Å². The molecule has 1 N–H and O–H groups in total. The summed E-state index contributed by atoms with van der Waals surface area (Å²) in [5.74, 6) is 0.899. The van der Waals surface area contributed by atoms with E-state index in [1.54, 1.807) is 6.08 Å². The van der Waals surface area contributed by atoms with E-state index in [1.165, 1.54) is 5.56 Å². The molecule has 2 nitrogen and oxygen atoms in total. The van der Waals surface area contributed by atoms with Crippen LogP contribution in [-0.2, 0) is 6.42 Å². The molecule has 0 aliphatic rings. The number of ether oxygens (including phenoxy) is 1. The molecule has 0 unspecified atom stereocenters. The summed E-state index contributed by atoms with van der Waals surface area (Å²) in [5.41, 5.74) is 1.32. The van der Waals surface area contributed by atoms with E-state index in [-0.39, 0.29) is 0 Å². The second-order valence-corrected chi connectivity index (χ2v) is 3.64. The molecule has 82 valence electrons. The maximum atomic E-state index is 5.41. The van der Waals surface area contributed by atoms with Crippen LogP contribution in [0.25, 0.3) is 0 Å². The van der Waals surface area contributed by atoms with Gasteiger partial charge < -0.3 is 10.1 Å². The predicted molar refractivity (Wildman–Crippen MR) is 64.4 cm³/mol. The van der Waals surface area contributed by atoms with E-state index in [2.05, 4.69) is 31.0 Å². The Hall–Kier alpha value is -1.28. The van der Waals surface area contributed by atoms with Crippen molar-refractivity contribution in [2.75, 3.05) is 13.7 Å². The number of hydrogen-bond donors (Lipinski definition) is 1. The van der Waals surface area contributed by atoms with Crippen LogP contribution < -0.4 is 10.1 Å². The van der Waals surface area contributed by atoms with Crippen LogP contribution in [0.4, 0.5) is 0 Å². The van der Waals surface area contributed by atoms with Crippen molar-refractivity contribution in [1.82, 2.24) is 5.32 Å². The second-order valence-electron chi connectivity index (χ2n) is 3.64. The third-order valence-corrected chi connectivity index (χ3v) is 2.33. The first-order chi connectivity index (χ1) is 7.26. The Morgan fingerprint density at radius 3 is 2.60 bits per heavy atom. The molecule has 0 radical (unpaired) electrons. The third-order valence-electron chi connectivity index (χ3n) is 2.33. The van der Waals surface area contributed by atoms with Crippen molar-refractivity contribution in [2.45, 2.75) is 19.4 Å². The van der Waals surface area contributed by atoms with E-state index in [0.29, 0.717) is 12.6 Å². The van der Waals surface area contributed by atoms with Gasteiger partial charge >= 0.3 is 0 Å². The lowest BCUT2D eigenvalue weighted by molar-refractivity contribution is 0.363. The van der Waals surface area contributed by atoms with E-state index in [0.717, 1.165) is 12.2 Å².